The van der Waals surface area contributed by atoms with Crippen LogP contribution in [0.5, 0.6) is 0 Å². The van der Waals surface area contributed by atoms with Gasteiger partial charge in [-0.1, -0.05) is 42.5 Å². The van der Waals surface area contributed by atoms with Gasteiger partial charge in [-0.25, -0.2) is 19.4 Å². The average Bonchev–Trinajstić information content (AvgIpc) is 2.65. The Bertz CT molecular complexity index is 1060. The van der Waals surface area contributed by atoms with Gasteiger partial charge < -0.3 is 0 Å². The van der Waals surface area contributed by atoms with Gasteiger partial charge >= 0.3 is 11.9 Å². The van der Waals surface area contributed by atoms with Crippen LogP contribution in [0, 0.1) is 0 Å². The van der Waals surface area contributed by atoms with E-state index in [0.29, 0.717) is 5.56 Å². The quantitative estimate of drug-likeness (QED) is 0.304. The maximum atomic E-state index is 12.5. The lowest BCUT2D eigenvalue weighted by Gasteiger charge is -2.24. The Balaban J connectivity index is 1.91. The maximum Gasteiger partial charge on any atom is 0.386 e. The predicted molar refractivity (Wildman–Crippen MR) is 95.5 cm³/mol. The van der Waals surface area contributed by atoms with Crippen molar-refractivity contribution in [2.45, 2.75) is 19.8 Å². The summed E-state index contributed by atoms with van der Waals surface area (Å²) in [4.78, 5) is 32.8. The molecular weight excluding hydrogens is 316 g/mol. The van der Waals surface area contributed by atoms with Gasteiger partial charge in [0.25, 0.3) is 0 Å². The molecule has 0 spiro atoms. The van der Waals surface area contributed by atoms with Crippen LogP contribution in [0.15, 0.2) is 54.6 Å². The molecule has 5 rings (SSSR count). The second-order valence-electron chi connectivity index (χ2n) is 6.26. The lowest BCUT2D eigenvalue weighted by atomic mass is 9.80. The second-order valence-corrected chi connectivity index (χ2v) is 6.26. The van der Waals surface area contributed by atoms with Gasteiger partial charge in [-0.3, -0.25) is 0 Å². The zero-order valence-corrected chi connectivity index (χ0v) is 13.8. The molecule has 0 N–H and O–H groups in total. The van der Waals surface area contributed by atoms with Crippen molar-refractivity contribution in [2.24, 2.45) is 0 Å². The first kappa shape index (κ1) is 15.4. The molecule has 0 unspecified atom stereocenters. The molecule has 4 aromatic rings. The Morgan fingerprint density at radius 3 is 2.60 bits per heavy atom. The fraction of sp³-hybridized carbons (Fsp3) is 0.143. The molecule has 0 aliphatic heterocycles. The van der Waals surface area contributed by atoms with Crippen molar-refractivity contribution in [3.63, 3.8) is 0 Å². The van der Waals surface area contributed by atoms with Crippen LogP contribution < -0.4 is 0 Å². The SMILES string of the molecule is C=CC(=O)OOC(=O)c1cc2c3c(c1c1ccccc21)CC(C)=CC3. The predicted octanol–water partition coefficient (Wildman–Crippen LogP) is 4.28. The lowest BCUT2D eigenvalue weighted by Crippen LogP contribution is -2.14. The topological polar surface area (TPSA) is 52.6 Å². The van der Waals surface area contributed by atoms with Gasteiger partial charge in [-0.2, -0.15) is 0 Å². The summed E-state index contributed by atoms with van der Waals surface area (Å²) in [5.41, 5.74) is 4.14. The standard InChI is InChI=1S/C21H16O4/c1-3-19(22)24-25-21(23)18-11-16-13-6-4-5-7-15(13)20(18)17-10-12(2)8-9-14(16)17/h3-8,11H,1,9-10H2,2H3. The molecule has 1 aliphatic carbocycles. The molecule has 0 aromatic heterocycles. The normalized spacial score (nSPS) is 13.4. The van der Waals surface area contributed by atoms with E-state index < -0.39 is 11.9 Å². The fourth-order valence-electron chi connectivity index (χ4n) is 3.64. The molecule has 124 valence electrons. The highest BCUT2D eigenvalue weighted by atomic mass is 17.2. The third kappa shape index (κ3) is 2.38. The summed E-state index contributed by atoms with van der Waals surface area (Å²) in [5.74, 6) is -1.47. The summed E-state index contributed by atoms with van der Waals surface area (Å²) >= 11 is 0. The number of benzene rings is 4. The van der Waals surface area contributed by atoms with Crippen LogP contribution in [0.25, 0.3) is 21.5 Å². The number of carbonyl (C=O) groups excluding carboxylic acids is 2. The molecule has 4 heteroatoms. The number of hydrogen-bond donors (Lipinski definition) is 0. The summed E-state index contributed by atoms with van der Waals surface area (Å²) in [7, 11) is 0. The largest absolute Gasteiger partial charge is 0.386 e. The van der Waals surface area contributed by atoms with Crippen molar-refractivity contribution in [3.8, 4) is 0 Å². The molecule has 0 atom stereocenters. The van der Waals surface area contributed by atoms with E-state index in [0.717, 1.165) is 46.0 Å². The Labute approximate surface area is 144 Å². The van der Waals surface area contributed by atoms with E-state index in [9.17, 15) is 9.59 Å². The van der Waals surface area contributed by atoms with Crippen LogP contribution in [0.4, 0.5) is 0 Å². The fourth-order valence-corrected chi connectivity index (χ4v) is 3.64. The Hall–Kier alpha value is -3.14. The highest BCUT2D eigenvalue weighted by molar-refractivity contribution is 6.20. The molecule has 0 saturated heterocycles. The van der Waals surface area contributed by atoms with E-state index in [2.05, 4.69) is 30.5 Å². The lowest BCUT2D eigenvalue weighted by molar-refractivity contribution is -0.228. The zero-order chi connectivity index (χ0) is 17.6. The maximum absolute atomic E-state index is 12.5. The molecule has 2 bridgehead atoms. The minimum Gasteiger partial charge on any atom is -0.242 e. The number of rotatable bonds is 2. The molecular formula is C21H16O4. The van der Waals surface area contributed by atoms with E-state index in [1.54, 1.807) is 0 Å². The van der Waals surface area contributed by atoms with Crippen LogP contribution in [-0.4, -0.2) is 11.9 Å². The van der Waals surface area contributed by atoms with Gasteiger partial charge in [0, 0.05) is 11.5 Å². The zero-order valence-electron chi connectivity index (χ0n) is 13.8. The summed E-state index contributed by atoms with van der Waals surface area (Å²) in [6.07, 6.45) is 4.84. The van der Waals surface area contributed by atoms with Crippen molar-refractivity contribution in [3.05, 3.63) is 71.3 Å². The van der Waals surface area contributed by atoms with E-state index in [4.69, 9.17) is 4.89 Å². The Morgan fingerprint density at radius 2 is 1.84 bits per heavy atom. The van der Waals surface area contributed by atoms with Gasteiger partial charge in [0.15, 0.2) is 0 Å². The molecule has 4 aromatic carbocycles. The average molecular weight is 332 g/mol. The van der Waals surface area contributed by atoms with Crippen molar-refractivity contribution < 1.29 is 19.4 Å². The van der Waals surface area contributed by atoms with Gasteiger partial charge in [0.05, 0.1) is 5.56 Å². The summed E-state index contributed by atoms with van der Waals surface area (Å²) in [6.45, 7) is 5.37. The summed E-state index contributed by atoms with van der Waals surface area (Å²) in [5, 5.41) is 4.08. The van der Waals surface area contributed by atoms with Crippen LogP contribution in [0.3, 0.4) is 0 Å². The molecule has 0 amide bonds. The van der Waals surface area contributed by atoms with E-state index in [1.165, 1.54) is 11.1 Å². The number of allylic oxidation sites excluding steroid dienone is 2. The molecule has 4 nitrogen and oxygen atoms in total. The smallest absolute Gasteiger partial charge is 0.242 e. The summed E-state index contributed by atoms with van der Waals surface area (Å²) in [6, 6.07) is 9.87. The van der Waals surface area contributed by atoms with E-state index in [-0.39, 0.29) is 0 Å². The highest BCUT2D eigenvalue weighted by Crippen LogP contribution is 2.41. The third-order valence-corrected chi connectivity index (χ3v) is 4.73. The van der Waals surface area contributed by atoms with Gasteiger partial charge in [0.2, 0.25) is 0 Å². The monoisotopic (exact) mass is 332 g/mol. The Kier molecular flexibility index (Phi) is 3.53. The number of fused-ring (bicyclic) bond motifs is 1. The minimum atomic E-state index is -0.802. The van der Waals surface area contributed by atoms with Crippen molar-refractivity contribution in [1.29, 1.82) is 0 Å². The molecule has 1 aliphatic rings. The van der Waals surface area contributed by atoms with Gasteiger partial charge in [-0.15, -0.1) is 0 Å². The highest BCUT2D eigenvalue weighted by Gasteiger charge is 2.26. The van der Waals surface area contributed by atoms with Crippen LogP contribution in [0.2, 0.25) is 0 Å². The molecule has 25 heavy (non-hydrogen) atoms. The van der Waals surface area contributed by atoms with Crippen molar-refractivity contribution >= 4 is 33.5 Å². The Morgan fingerprint density at radius 1 is 1.08 bits per heavy atom. The van der Waals surface area contributed by atoms with Gasteiger partial charge in [-0.05, 0) is 53.1 Å². The molecule has 0 radical (unpaired) electrons. The minimum absolute atomic E-state index is 0.430. The first-order chi connectivity index (χ1) is 12.1. The molecule has 0 heterocycles. The van der Waals surface area contributed by atoms with Crippen LogP contribution in [-0.2, 0) is 27.4 Å². The van der Waals surface area contributed by atoms with E-state index in [1.807, 2.05) is 24.3 Å². The number of carbonyl (C=O) groups is 2. The molecule has 0 fully saturated rings. The molecule has 0 saturated carbocycles. The van der Waals surface area contributed by atoms with Crippen molar-refractivity contribution in [1.82, 2.24) is 0 Å². The van der Waals surface area contributed by atoms with E-state index >= 15 is 0 Å². The summed E-state index contributed by atoms with van der Waals surface area (Å²) < 4.78 is 0. The second kappa shape index (κ2) is 5.74. The number of hydrogen-bond acceptors (Lipinski definition) is 4. The van der Waals surface area contributed by atoms with Crippen LogP contribution >= 0.6 is 0 Å². The third-order valence-electron chi connectivity index (χ3n) is 4.73. The van der Waals surface area contributed by atoms with Gasteiger partial charge in [0.1, 0.15) is 0 Å². The first-order valence-electron chi connectivity index (χ1n) is 8.09. The van der Waals surface area contributed by atoms with Crippen LogP contribution in [0.1, 0.15) is 28.4 Å². The first-order valence-corrected chi connectivity index (χ1v) is 8.09. The van der Waals surface area contributed by atoms with Crippen molar-refractivity contribution in [2.75, 3.05) is 0 Å².